The van der Waals surface area contributed by atoms with Crippen molar-refractivity contribution in [2.75, 3.05) is 37.6 Å². The highest BCUT2D eigenvalue weighted by Gasteiger charge is 2.28. The van der Waals surface area contributed by atoms with Gasteiger partial charge in [0.15, 0.2) is 5.96 Å². The summed E-state index contributed by atoms with van der Waals surface area (Å²) in [5.41, 5.74) is 1.22. The third kappa shape index (κ3) is 5.44. The van der Waals surface area contributed by atoms with E-state index in [-0.39, 0.29) is 24.0 Å². The summed E-state index contributed by atoms with van der Waals surface area (Å²) < 4.78 is 2.24. The van der Waals surface area contributed by atoms with Crippen LogP contribution in [0.3, 0.4) is 0 Å². The number of anilines is 1. The molecule has 2 atom stereocenters. The van der Waals surface area contributed by atoms with Gasteiger partial charge in [0, 0.05) is 51.3 Å². The summed E-state index contributed by atoms with van der Waals surface area (Å²) in [5, 5.41) is 3.50. The van der Waals surface area contributed by atoms with Gasteiger partial charge in [0.1, 0.15) is 5.82 Å². The van der Waals surface area contributed by atoms with E-state index in [4.69, 9.17) is 4.99 Å². The molecule has 0 aliphatic carbocycles. The van der Waals surface area contributed by atoms with Crippen molar-refractivity contribution in [3.63, 3.8) is 0 Å². The highest BCUT2D eigenvalue weighted by atomic mass is 127. The van der Waals surface area contributed by atoms with Crippen LogP contribution in [0, 0.1) is 5.92 Å². The van der Waals surface area contributed by atoms with Crippen LogP contribution in [0.15, 0.2) is 42.0 Å². The fourth-order valence-electron chi connectivity index (χ4n) is 4.37. The molecule has 2 unspecified atom stereocenters. The molecule has 8 heteroatoms. The second-order valence-corrected chi connectivity index (χ2v) is 8.18. The van der Waals surface area contributed by atoms with Gasteiger partial charge in [-0.25, -0.2) is 15.0 Å². The molecule has 7 nitrogen and oxygen atoms in total. The SMILES string of the molecule is CCNC(=NCc1ccnc(N2CCCC2)c1)N1CCC(C)C(n2ccnc2)C1.I. The Bertz CT molecular complexity index is 802. The van der Waals surface area contributed by atoms with E-state index in [1.54, 1.807) is 0 Å². The zero-order valence-corrected chi connectivity index (χ0v) is 20.4. The maximum absolute atomic E-state index is 4.98. The van der Waals surface area contributed by atoms with Crippen molar-refractivity contribution in [2.24, 2.45) is 10.9 Å². The van der Waals surface area contributed by atoms with Crippen LogP contribution in [0.1, 0.15) is 44.7 Å². The standard InChI is InChI=1S/C22H33N7.HI/c1-3-24-22(28-12-7-18(2)20(16-28)29-13-9-23-17-29)26-15-19-6-8-25-21(14-19)27-10-4-5-11-27;/h6,8-9,13-14,17-18,20H,3-5,7,10-12,15-16H2,1-2H3,(H,24,26);1H. The minimum absolute atomic E-state index is 0. The number of likely N-dealkylation sites (tertiary alicyclic amines) is 1. The number of piperidine rings is 1. The molecule has 0 saturated carbocycles. The third-order valence-electron chi connectivity index (χ3n) is 6.11. The summed E-state index contributed by atoms with van der Waals surface area (Å²) in [6, 6.07) is 4.71. The molecule has 4 rings (SSSR count). The fraction of sp³-hybridized carbons (Fsp3) is 0.591. The topological polar surface area (TPSA) is 61.6 Å². The average Bonchev–Trinajstić information content (AvgIpc) is 3.46. The number of aromatic nitrogens is 3. The normalized spacial score (nSPS) is 22.1. The number of nitrogens with one attached hydrogen (secondary N) is 1. The van der Waals surface area contributed by atoms with Crippen molar-refractivity contribution in [1.82, 2.24) is 24.8 Å². The minimum atomic E-state index is 0. The van der Waals surface area contributed by atoms with Crippen LogP contribution in [0.5, 0.6) is 0 Å². The van der Waals surface area contributed by atoms with E-state index in [1.807, 2.05) is 18.7 Å². The van der Waals surface area contributed by atoms with Crippen molar-refractivity contribution in [2.45, 2.75) is 45.7 Å². The first kappa shape index (κ1) is 22.8. The van der Waals surface area contributed by atoms with Crippen LogP contribution in [-0.2, 0) is 6.54 Å². The minimum Gasteiger partial charge on any atom is -0.357 e. The molecule has 0 bridgehead atoms. The fourth-order valence-corrected chi connectivity index (χ4v) is 4.37. The van der Waals surface area contributed by atoms with Gasteiger partial charge in [-0.3, -0.25) is 0 Å². The smallest absolute Gasteiger partial charge is 0.194 e. The van der Waals surface area contributed by atoms with E-state index in [9.17, 15) is 0 Å². The molecule has 2 aromatic rings. The van der Waals surface area contributed by atoms with Gasteiger partial charge in [-0.05, 0) is 49.8 Å². The average molecular weight is 523 g/mol. The molecular formula is C22H34IN7. The Labute approximate surface area is 197 Å². The number of aliphatic imine (C=N–C) groups is 1. The molecule has 0 aromatic carbocycles. The monoisotopic (exact) mass is 523 g/mol. The summed E-state index contributed by atoms with van der Waals surface area (Å²) >= 11 is 0. The van der Waals surface area contributed by atoms with Crippen molar-refractivity contribution in [3.8, 4) is 0 Å². The van der Waals surface area contributed by atoms with Gasteiger partial charge in [-0.2, -0.15) is 0 Å². The molecule has 30 heavy (non-hydrogen) atoms. The Morgan fingerprint density at radius 3 is 2.80 bits per heavy atom. The molecule has 2 aromatic heterocycles. The van der Waals surface area contributed by atoms with E-state index < -0.39 is 0 Å². The van der Waals surface area contributed by atoms with Crippen molar-refractivity contribution >= 4 is 35.8 Å². The molecule has 0 spiro atoms. The predicted molar refractivity (Wildman–Crippen MR) is 133 cm³/mol. The zero-order valence-electron chi connectivity index (χ0n) is 18.1. The summed E-state index contributed by atoms with van der Waals surface area (Å²) in [6.07, 6.45) is 11.5. The van der Waals surface area contributed by atoms with Gasteiger partial charge in [0.05, 0.1) is 18.9 Å². The first-order valence-corrected chi connectivity index (χ1v) is 10.9. The molecule has 0 amide bonds. The Morgan fingerprint density at radius 1 is 1.23 bits per heavy atom. The number of imidazole rings is 1. The van der Waals surface area contributed by atoms with Gasteiger partial charge in [-0.1, -0.05) is 6.92 Å². The summed E-state index contributed by atoms with van der Waals surface area (Å²) in [6.45, 7) is 10.2. The number of hydrogen-bond acceptors (Lipinski definition) is 4. The van der Waals surface area contributed by atoms with Crippen molar-refractivity contribution < 1.29 is 0 Å². The van der Waals surface area contributed by atoms with Crippen LogP contribution < -0.4 is 10.2 Å². The number of hydrogen-bond donors (Lipinski definition) is 1. The van der Waals surface area contributed by atoms with Gasteiger partial charge in [0.2, 0.25) is 0 Å². The lowest BCUT2D eigenvalue weighted by Gasteiger charge is -2.39. The van der Waals surface area contributed by atoms with E-state index in [0.29, 0.717) is 18.5 Å². The second kappa shape index (κ2) is 11.0. The van der Waals surface area contributed by atoms with E-state index in [0.717, 1.165) is 50.9 Å². The highest BCUT2D eigenvalue weighted by molar-refractivity contribution is 14.0. The molecule has 2 aliphatic heterocycles. The Morgan fingerprint density at radius 2 is 2.07 bits per heavy atom. The number of pyridine rings is 1. The lowest BCUT2D eigenvalue weighted by Crippen LogP contribution is -2.49. The summed E-state index contributed by atoms with van der Waals surface area (Å²) in [5.74, 6) is 2.72. The summed E-state index contributed by atoms with van der Waals surface area (Å²) in [7, 11) is 0. The lowest BCUT2D eigenvalue weighted by atomic mass is 9.93. The molecule has 0 radical (unpaired) electrons. The first-order chi connectivity index (χ1) is 14.2. The Kier molecular flexibility index (Phi) is 8.35. The number of guanidine groups is 1. The van der Waals surface area contributed by atoms with Gasteiger partial charge in [-0.15, -0.1) is 24.0 Å². The molecule has 2 saturated heterocycles. The van der Waals surface area contributed by atoms with Gasteiger partial charge < -0.3 is 19.7 Å². The maximum atomic E-state index is 4.98. The third-order valence-corrected chi connectivity index (χ3v) is 6.11. The van der Waals surface area contributed by atoms with Crippen LogP contribution in [0.25, 0.3) is 0 Å². The summed E-state index contributed by atoms with van der Waals surface area (Å²) in [4.78, 5) is 18.6. The van der Waals surface area contributed by atoms with Crippen LogP contribution in [0.4, 0.5) is 5.82 Å². The second-order valence-electron chi connectivity index (χ2n) is 8.18. The van der Waals surface area contributed by atoms with E-state index in [2.05, 4.69) is 61.8 Å². The zero-order chi connectivity index (χ0) is 20.1. The number of nitrogens with zero attached hydrogens (tertiary/aromatic N) is 6. The molecule has 2 fully saturated rings. The first-order valence-electron chi connectivity index (χ1n) is 10.9. The predicted octanol–water partition coefficient (Wildman–Crippen LogP) is 3.54. The van der Waals surface area contributed by atoms with Crippen LogP contribution >= 0.6 is 24.0 Å². The molecule has 2 aliphatic rings. The Hall–Kier alpha value is -1.84. The molecule has 4 heterocycles. The highest BCUT2D eigenvalue weighted by Crippen LogP contribution is 2.27. The van der Waals surface area contributed by atoms with Crippen LogP contribution in [0.2, 0.25) is 0 Å². The largest absolute Gasteiger partial charge is 0.357 e. The Balaban J connectivity index is 0.00000256. The number of rotatable bonds is 5. The van der Waals surface area contributed by atoms with E-state index >= 15 is 0 Å². The maximum Gasteiger partial charge on any atom is 0.194 e. The quantitative estimate of drug-likeness (QED) is 0.369. The van der Waals surface area contributed by atoms with Gasteiger partial charge >= 0.3 is 0 Å². The molecule has 164 valence electrons. The van der Waals surface area contributed by atoms with Crippen molar-refractivity contribution in [1.29, 1.82) is 0 Å². The number of halogens is 1. The van der Waals surface area contributed by atoms with Crippen molar-refractivity contribution in [3.05, 3.63) is 42.6 Å². The lowest BCUT2D eigenvalue weighted by molar-refractivity contribution is 0.189. The van der Waals surface area contributed by atoms with Gasteiger partial charge in [0.25, 0.3) is 0 Å². The molecular weight excluding hydrogens is 489 g/mol. The van der Waals surface area contributed by atoms with E-state index in [1.165, 1.54) is 18.4 Å². The van der Waals surface area contributed by atoms with Crippen LogP contribution in [-0.4, -0.2) is 58.1 Å². The molecule has 1 N–H and O–H groups in total.